The highest BCUT2D eigenvalue weighted by Crippen LogP contribution is 2.21. The average Bonchev–Trinajstić information content (AvgIpc) is 2.65. The monoisotopic (exact) mass is 422 g/mol. The van der Waals surface area contributed by atoms with Crippen LogP contribution in [0.4, 0.5) is 0 Å². The van der Waals surface area contributed by atoms with Gasteiger partial charge in [0.2, 0.25) is 0 Å². The van der Waals surface area contributed by atoms with Crippen molar-refractivity contribution in [3.63, 3.8) is 0 Å². The van der Waals surface area contributed by atoms with E-state index in [2.05, 4.69) is 0 Å². The summed E-state index contributed by atoms with van der Waals surface area (Å²) < 4.78 is 46.3. The first-order chi connectivity index (χ1) is 12.8. The van der Waals surface area contributed by atoms with Gasteiger partial charge >= 0.3 is 8.80 Å². The second-order valence-corrected chi connectivity index (χ2v) is 10.0. The second kappa shape index (κ2) is 11.9. The van der Waals surface area contributed by atoms with E-state index in [4.69, 9.17) is 22.6 Å². The summed E-state index contributed by atoms with van der Waals surface area (Å²) in [7, 11) is -6.74. The molecule has 10 heteroatoms. The maximum atomic E-state index is 12.1. The lowest BCUT2D eigenvalue weighted by molar-refractivity contribution is 0.0557. The van der Waals surface area contributed by atoms with E-state index in [9.17, 15) is 13.5 Å². The molecule has 0 aliphatic carbocycles. The van der Waals surface area contributed by atoms with Gasteiger partial charge in [-0.2, -0.15) is 8.42 Å². The SMILES string of the molecule is CCO[Si](CCc1ccc(S(=O)(=O)OCC(O)CO)cc1)(OCC)OCC. The maximum Gasteiger partial charge on any atom is 0.501 e. The van der Waals surface area contributed by atoms with E-state index < -0.39 is 38.2 Å². The van der Waals surface area contributed by atoms with E-state index >= 15 is 0 Å². The molecule has 0 aromatic heterocycles. The number of hydrogen-bond acceptors (Lipinski definition) is 8. The van der Waals surface area contributed by atoms with Gasteiger partial charge in [0.25, 0.3) is 10.1 Å². The Balaban J connectivity index is 2.77. The third-order valence-electron chi connectivity index (χ3n) is 3.65. The van der Waals surface area contributed by atoms with Gasteiger partial charge in [0, 0.05) is 25.9 Å². The van der Waals surface area contributed by atoms with E-state index in [0.717, 1.165) is 5.56 Å². The van der Waals surface area contributed by atoms with Crippen molar-refractivity contribution in [3.8, 4) is 0 Å². The molecule has 156 valence electrons. The molecule has 0 bridgehead atoms. The third kappa shape index (κ3) is 7.96. The Kier molecular flexibility index (Phi) is 10.6. The van der Waals surface area contributed by atoms with E-state index in [1.807, 2.05) is 20.8 Å². The number of aliphatic hydroxyl groups is 2. The minimum atomic E-state index is -3.99. The molecular weight excluding hydrogens is 392 g/mol. The summed E-state index contributed by atoms with van der Waals surface area (Å²) in [6, 6.07) is 6.87. The van der Waals surface area contributed by atoms with Gasteiger partial charge in [-0.05, 0) is 44.9 Å². The number of aryl methyl sites for hydroxylation is 1. The standard InChI is InChI=1S/C17H30O8SSi/c1-4-23-27(24-5-2,25-6-3)12-11-15-7-9-17(10-8-15)26(20,21)22-14-16(19)13-18/h7-10,16,18-19H,4-6,11-14H2,1-3H3. The van der Waals surface area contributed by atoms with Crippen molar-refractivity contribution in [1.82, 2.24) is 0 Å². The van der Waals surface area contributed by atoms with Gasteiger partial charge in [-0.1, -0.05) is 12.1 Å². The van der Waals surface area contributed by atoms with Gasteiger partial charge in [0.15, 0.2) is 0 Å². The zero-order chi connectivity index (χ0) is 20.3. The van der Waals surface area contributed by atoms with Crippen LogP contribution in [0.15, 0.2) is 29.2 Å². The van der Waals surface area contributed by atoms with Crippen LogP contribution in [0.3, 0.4) is 0 Å². The maximum absolute atomic E-state index is 12.1. The molecule has 0 radical (unpaired) electrons. The highest BCUT2D eigenvalue weighted by atomic mass is 32.2. The lowest BCUT2D eigenvalue weighted by Gasteiger charge is -2.28. The van der Waals surface area contributed by atoms with Crippen LogP contribution in [0.5, 0.6) is 0 Å². The van der Waals surface area contributed by atoms with Gasteiger partial charge < -0.3 is 23.5 Å². The summed E-state index contributed by atoms with van der Waals surface area (Å²) in [5, 5.41) is 17.9. The second-order valence-electron chi connectivity index (χ2n) is 5.70. The smallest absolute Gasteiger partial charge is 0.394 e. The van der Waals surface area contributed by atoms with Crippen molar-refractivity contribution in [2.75, 3.05) is 33.0 Å². The quantitative estimate of drug-likeness (QED) is 0.341. The normalized spacial score (nSPS) is 13.7. The van der Waals surface area contributed by atoms with Crippen LogP contribution in [0.2, 0.25) is 6.04 Å². The lowest BCUT2D eigenvalue weighted by atomic mass is 10.2. The molecule has 0 saturated heterocycles. The van der Waals surface area contributed by atoms with Crippen molar-refractivity contribution in [3.05, 3.63) is 29.8 Å². The fourth-order valence-electron chi connectivity index (χ4n) is 2.41. The minimum absolute atomic E-state index is 0.0145. The van der Waals surface area contributed by atoms with Crippen molar-refractivity contribution in [2.45, 2.75) is 44.2 Å². The zero-order valence-electron chi connectivity index (χ0n) is 16.1. The first-order valence-corrected chi connectivity index (χ1v) is 12.4. The van der Waals surface area contributed by atoms with Crippen molar-refractivity contribution in [2.24, 2.45) is 0 Å². The summed E-state index contributed by atoms with van der Waals surface area (Å²) >= 11 is 0. The third-order valence-corrected chi connectivity index (χ3v) is 7.99. The number of benzene rings is 1. The summed E-state index contributed by atoms with van der Waals surface area (Å²) in [5.41, 5.74) is 0.917. The molecule has 1 unspecified atom stereocenters. The molecule has 1 rings (SSSR count). The van der Waals surface area contributed by atoms with Crippen LogP contribution in [-0.4, -0.2) is 66.6 Å². The van der Waals surface area contributed by atoms with E-state index in [1.54, 1.807) is 12.1 Å². The molecule has 0 amide bonds. The zero-order valence-corrected chi connectivity index (χ0v) is 17.9. The molecule has 0 saturated carbocycles. The van der Waals surface area contributed by atoms with Gasteiger partial charge in [0.1, 0.15) is 6.10 Å². The Morgan fingerprint density at radius 1 is 1.00 bits per heavy atom. The van der Waals surface area contributed by atoms with Crippen molar-refractivity contribution < 1.29 is 36.1 Å². The van der Waals surface area contributed by atoms with Crippen LogP contribution < -0.4 is 0 Å². The van der Waals surface area contributed by atoms with E-state index in [0.29, 0.717) is 32.3 Å². The molecular formula is C17H30O8SSi. The van der Waals surface area contributed by atoms with Crippen LogP contribution in [0.25, 0.3) is 0 Å². The van der Waals surface area contributed by atoms with Crippen molar-refractivity contribution in [1.29, 1.82) is 0 Å². The molecule has 0 fully saturated rings. The molecule has 8 nitrogen and oxygen atoms in total. The molecule has 1 atom stereocenters. The fraction of sp³-hybridized carbons (Fsp3) is 0.647. The van der Waals surface area contributed by atoms with Crippen molar-refractivity contribution >= 4 is 18.9 Å². The lowest BCUT2D eigenvalue weighted by Crippen LogP contribution is -2.46. The number of aliphatic hydroxyl groups excluding tert-OH is 2. The summed E-state index contributed by atoms with van der Waals surface area (Å²) in [6.45, 7) is 6.13. The molecule has 1 aromatic rings. The molecule has 1 aromatic carbocycles. The van der Waals surface area contributed by atoms with Crippen LogP contribution in [-0.2, 0) is 34.0 Å². The molecule has 0 heterocycles. The Hall–Kier alpha value is -0.853. The van der Waals surface area contributed by atoms with E-state index in [1.165, 1.54) is 12.1 Å². The first kappa shape index (κ1) is 24.2. The predicted molar refractivity (Wildman–Crippen MR) is 102 cm³/mol. The van der Waals surface area contributed by atoms with Crippen LogP contribution in [0.1, 0.15) is 26.3 Å². The number of hydrogen-bond donors (Lipinski definition) is 2. The van der Waals surface area contributed by atoms with Gasteiger partial charge in [0.05, 0.1) is 18.1 Å². The Morgan fingerprint density at radius 3 is 1.96 bits per heavy atom. The Morgan fingerprint density at radius 2 is 1.52 bits per heavy atom. The molecule has 27 heavy (non-hydrogen) atoms. The summed E-state index contributed by atoms with van der Waals surface area (Å²) in [4.78, 5) is -0.0145. The Labute approximate surface area is 162 Å². The molecule has 0 spiro atoms. The molecule has 0 aliphatic heterocycles. The van der Waals surface area contributed by atoms with Gasteiger partial charge in [-0.25, -0.2) is 0 Å². The number of rotatable bonds is 14. The summed E-state index contributed by atoms with van der Waals surface area (Å²) in [6.07, 6.45) is -0.621. The predicted octanol–water partition coefficient (Wildman–Crippen LogP) is 1.34. The van der Waals surface area contributed by atoms with Gasteiger partial charge in [-0.15, -0.1) is 0 Å². The highest BCUT2D eigenvalue weighted by molar-refractivity contribution is 7.86. The minimum Gasteiger partial charge on any atom is -0.394 e. The van der Waals surface area contributed by atoms with Gasteiger partial charge in [-0.3, -0.25) is 4.18 Å². The topological polar surface area (TPSA) is 112 Å². The first-order valence-electron chi connectivity index (χ1n) is 9.01. The largest absolute Gasteiger partial charge is 0.501 e. The average molecular weight is 423 g/mol. The molecule has 2 N–H and O–H groups in total. The fourth-order valence-corrected chi connectivity index (χ4v) is 5.95. The van der Waals surface area contributed by atoms with E-state index in [-0.39, 0.29) is 4.90 Å². The molecule has 0 aliphatic rings. The van der Waals surface area contributed by atoms with Crippen LogP contribution >= 0.6 is 0 Å². The van der Waals surface area contributed by atoms with Crippen LogP contribution in [0, 0.1) is 0 Å². The highest BCUT2D eigenvalue weighted by Gasteiger charge is 2.39. The summed E-state index contributed by atoms with van der Waals surface area (Å²) in [5.74, 6) is 0. The Bertz CT molecular complexity index is 618.